The van der Waals surface area contributed by atoms with Gasteiger partial charge in [0.15, 0.2) is 0 Å². The van der Waals surface area contributed by atoms with Gasteiger partial charge in [-0.2, -0.15) is 0 Å². The summed E-state index contributed by atoms with van der Waals surface area (Å²) in [6, 6.07) is 18.4. The van der Waals surface area contributed by atoms with Crippen LogP contribution in [0.3, 0.4) is 0 Å². The second kappa shape index (κ2) is 5.36. The van der Waals surface area contributed by atoms with Crippen LogP contribution in [0.25, 0.3) is 0 Å². The van der Waals surface area contributed by atoms with Crippen LogP contribution in [0.5, 0.6) is 0 Å². The Hall–Kier alpha value is -1.60. The van der Waals surface area contributed by atoms with E-state index in [9.17, 15) is 5.11 Å². The second-order valence-electron chi connectivity index (χ2n) is 5.13. The van der Waals surface area contributed by atoms with Gasteiger partial charge < -0.3 is 5.11 Å². The van der Waals surface area contributed by atoms with E-state index in [0.717, 1.165) is 18.4 Å². The standard InChI is InChI=1S/C17H20O/c1-14-8-10-16(11-9-14)17(2,18)13-12-15-6-4-3-5-7-15/h3-11,18H,12-13H2,1-2H3. The molecule has 1 atom stereocenters. The third kappa shape index (κ3) is 3.21. The normalized spacial score (nSPS) is 14.2. The molecule has 0 radical (unpaired) electrons. The zero-order valence-electron chi connectivity index (χ0n) is 11.1. The molecule has 18 heavy (non-hydrogen) atoms. The van der Waals surface area contributed by atoms with Crippen LogP contribution in [0.1, 0.15) is 30.0 Å². The molecular formula is C17H20O. The molecule has 0 bridgehead atoms. The van der Waals surface area contributed by atoms with E-state index >= 15 is 0 Å². The Labute approximate surface area is 109 Å². The van der Waals surface area contributed by atoms with Crippen molar-refractivity contribution in [3.8, 4) is 0 Å². The summed E-state index contributed by atoms with van der Waals surface area (Å²) in [7, 11) is 0. The highest BCUT2D eigenvalue weighted by Crippen LogP contribution is 2.26. The minimum atomic E-state index is -0.760. The highest BCUT2D eigenvalue weighted by atomic mass is 16.3. The van der Waals surface area contributed by atoms with Crippen LogP contribution in [0, 0.1) is 6.92 Å². The Kier molecular flexibility index (Phi) is 3.83. The molecule has 1 unspecified atom stereocenters. The highest BCUT2D eigenvalue weighted by molar-refractivity contribution is 5.26. The third-order valence-electron chi connectivity index (χ3n) is 3.42. The molecule has 94 valence electrons. The molecule has 0 saturated carbocycles. The van der Waals surface area contributed by atoms with Crippen LogP contribution in [-0.4, -0.2) is 5.11 Å². The van der Waals surface area contributed by atoms with Crippen molar-refractivity contribution in [2.75, 3.05) is 0 Å². The maximum absolute atomic E-state index is 10.5. The van der Waals surface area contributed by atoms with Crippen molar-refractivity contribution >= 4 is 0 Å². The fraction of sp³-hybridized carbons (Fsp3) is 0.294. The van der Waals surface area contributed by atoms with Gasteiger partial charge in [-0.15, -0.1) is 0 Å². The van der Waals surface area contributed by atoms with Crippen molar-refractivity contribution in [2.24, 2.45) is 0 Å². The van der Waals surface area contributed by atoms with Gasteiger partial charge in [-0.1, -0.05) is 60.2 Å². The molecule has 0 aliphatic rings. The van der Waals surface area contributed by atoms with Crippen LogP contribution in [-0.2, 0) is 12.0 Å². The molecule has 0 aromatic heterocycles. The van der Waals surface area contributed by atoms with E-state index in [0.29, 0.717) is 0 Å². The lowest BCUT2D eigenvalue weighted by atomic mass is 9.89. The molecule has 2 aromatic carbocycles. The predicted octanol–water partition coefficient (Wildman–Crippen LogP) is 3.84. The number of aryl methyl sites for hydroxylation is 2. The van der Waals surface area contributed by atoms with Gasteiger partial charge in [-0.25, -0.2) is 0 Å². The van der Waals surface area contributed by atoms with Crippen LogP contribution in [0.15, 0.2) is 54.6 Å². The molecule has 0 saturated heterocycles. The van der Waals surface area contributed by atoms with Crippen molar-refractivity contribution in [3.05, 3.63) is 71.3 Å². The molecule has 0 aliphatic carbocycles. The fourth-order valence-corrected chi connectivity index (χ4v) is 2.09. The Morgan fingerprint density at radius 1 is 0.944 bits per heavy atom. The topological polar surface area (TPSA) is 20.2 Å². The number of benzene rings is 2. The van der Waals surface area contributed by atoms with Crippen molar-refractivity contribution < 1.29 is 5.11 Å². The number of aliphatic hydroxyl groups is 1. The molecular weight excluding hydrogens is 220 g/mol. The lowest BCUT2D eigenvalue weighted by Gasteiger charge is -2.24. The van der Waals surface area contributed by atoms with Gasteiger partial charge in [0.05, 0.1) is 5.60 Å². The largest absolute Gasteiger partial charge is 0.385 e. The monoisotopic (exact) mass is 240 g/mol. The molecule has 0 fully saturated rings. The molecule has 1 N–H and O–H groups in total. The highest BCUT2D eigenvalue weighted by Gasteiger charge is 2.22. The summed E-state index contributed by atoms with van der Waals surface area (Å²) in [6.07, 6.45) is 1.63. The average molecular weight is 240 g/mol. The Morgan fingerprint density at radius 3 is 2.17 bits per heavy atom. The summed E-state index contributed by atoms with van der Waals surface area (Å²) < 4.78 is 0. The fourth-order valence-electron chi connectivity index (χ4n) is 2.09. The van der Waals surface area contributed by atoms with Gasteiger partial charge in [0.1, 0.15) is 0 Å². The first kappa shape index (κ1) is 12.8. The molecule has 2 rings (SSSR count). The second-order valence-corrected chi connectivity index (χ2v) is 5.13. The summed E-state index contributed by atoms with van der Waals surface area (Å²) >= 11 is 0. The molecule has 2 aromatic rings. The molecule has 0 aliphatic heterocycles. The SMILES string of the molecule is Cc1ccc(C(C)(O)CCc2ccccc2)cc1. The maximum Gasteiger partial charge on any atom is 0.0871 e. The van der Waals surface area contributed by atoms with E-state index in [1.807, 2.05) is 49.4 Å². The van der Waals surface area contributed by atoms with E-state index in [2.05, 4.69) is 19.1 Å². The molecule has 1 heteroatoms. The van der Waals surface area contributed by atoms with E-state index in [-0.39, 0.29) is 0 Å². The van der Waals surface area contributed by atoms with E-state index in [4.69, 9.17) is 0 Å². The lowest BCUT2D eigenvalue weighted by molar-refractivity contribution is 0.0480. The predicted molar refractivity (Wildman–Crippen MR) is 75.5 cm³/mol. The number of hydrogen-bond donors (Lipinski definition) is 1. The quantitative estimate of drug-likeness (QED) is 0.861. The van der Waals surface area contributed by atoms with Gasteiger partial charge >= 0.3 is 0 Å². The van der Waals surface area contributed by atoms with E-state index < -0.39 is 5.60 Å². The average Bonchev–Trinajstić information content (AvgIpc) is 2.38. The molecule has 0 heterocycles. The summed E-state index contributed by atoms with van der Waals surface area (Å²) in [5.74, 6) is 0. The van der Waals surface area contributed by atoms with Crippen molar-refractivity contribution in [1.82, 2.24) is 0 Å². The van der Waals surface area contributed by atoms with Crippen LogP contribution in [0.2, 0.25) is 0 Å². The molecule has 0 amide bonds. The Bertz CT molecular complexity index is 483. The smallest absolute Gasteiger partial charge is 0.0871 e. The minimum absolute atomic E-state index is 0.736. The number of hydrogen-bond acceptors (Lipinski definition) is 1. The first-order chi connectivity index (χ1) is 8.58. The third-order valence-corrected chi connectivity index (χ3v) is 3.42. The van der Waals surface area contributed by atoms with Gasteiger partial charge in [0, 0.05) is 0 Å². The zero-order valence-corrected chi connectivity index (χ0v) is 11.1. The summed E-state index contributed by atoms with van der Waals surface area (Å²) in [6.45, 7) is 3.95. The van der Waals surface area contributed by atoms with Crippen LogP contribution >= 0.6 is 0 Å². The Balaban J connectivity index is 2.05. The lowest BCUT2D eigenvalue weighted by Crippen LogP contribution is -2.21. The van der Waals surface area contributed by atoms with E-state index in [1.54, 1.807) is 0 Å². The summed E-state index contributed by atoms with van der Waals surface area (Å²) in [5, 5.41) is 10.5. The minimum Gasteiger partial charge on any atom is -0.385 e. The van der Waals surface area contributed by atoms with Crippen molar-refractivity contribution in [2.45, 2.75) is 32.3 Å². The summed E-state index contributed by atoms with van der Waals surface area (Å²) in [4.78, 5) is 0. The molecule has 0 spiro atoms. The Morgan fingerprint density at radius 2 is 1.56 bits per heavy atom. The van der Waals surface area contributed by atoms with Gasteiger partial charge in [0.25, 0.3) is 0 Å². The van der Waals surface area contributed by atoms with Gasteiger partial charge in [-0.05, 0) is 37.8 Å². The maximum atomic E-state index is 10.5. The summed E-state index contributed by atoms with van der Waals surface area (Å²) in [5.41, 5.74) is 2.72. The van der Waals surface area contributed by atoms with Crippen LogP contribution in [0.4, 0.5) is 0 Å². The van der Waals surface area contributed by atoms with Gasteiger partial charge in [-0.3, -0.25) is 0 Å². The van der Waals surface area contributed by atoms with Gasteiger partial charge in [0.2, 0.25) is 0 Å². The first-order valence-corrected chi connectivity index (χ1v) is 6.41. The first-order valence-electron chi connectivity index (χ1n) is 6.41. The number of rotatable bonds is 4. The van der Waals surface area contributed by atoms with Crippen molar-refractivity contribution in [3.63, 3.8) is 0 Å². The molecule has 1 nitrogen and oxygen atoms in total. The van der Waals surface area contributed by atoms with Crippen LogP contribution < -0.4 is 0 Å². The zero-order chi connectivity index (χ0) is 13.0. The van der Waals surface area contributed by atoms with Crippen molar-refractivity contribution in [1.29, 1.82) is 0 Å². The van der Waals surface area contributed by atoms with E-state index in [1.165, 1.54) is 11.1 Å².